The summed E-state index contributed by atoms with van der Waals surface area (Å²) in [6.45, 7) is 0.981. The summed E-state index contributed by atoms with van der Waals surface area (Å²) in [5.74, 6) is -0.964. The zero-order valence-electron chi connectivity index (χ0n) is 13.5. The largest absolute Gasteiger partial charge is 0.481 e. The van der Waals surface area contributed by atoms with Crippen molar-refractivity contribution in [3.63, 3.8) is 0 Å². The first kappa shape index (κ1) is 16.6. The van der Waals surface area contributed by atoms with Gasteiger partial charge in [0.2, 0.25) is 5.91 Å². The summed E-state index contributed by atoms with van der Waals surface area (Å²) >= 11 is 1.62. The van der Waals surface area contributed by atoms with Crippen molar-refractivity contribution in [3.8, 4) is 0 Å². The average Bonchev–Trinajstić information content (AvgIpc) is 3.24. The summed E-state index contributed by atoms with van der Waals surface area (Å²) in [7, 11) is 1.78. The SMILES string of the molecule is Cn1cc([C@@H]2CN(C(=O)CCc3ccsc3)C[C@@H]2CC(=O)O)nn1. The number of rotatable bonds is 6. The molecule has 1 fully saturated rings. The second-order valence-electron chi connectivity index (χ2n) is 6.21. The minimum atomic E-state index is -0.846. The van der Waals surface area contributed by atoms with E-state index in [2.05, 4.69) is 10.3 Å². The van der Waals surface area contributed by atoms with Gasteiger partial charge in [-0.05, 0) is 34.7 Å². The van der Waals surface area contributed by atoms with Gasteiger partial charge in [0.25, 0.3) is 0 Å². The number of carboxylic acid groups (broad SMARTS) is 1. The number of aromatic nitrogens is 3. The highest BCUT2D eigenvalue weighted by atomic mass is 32.1. The maximum absolute atomic E-state index is 12.5. The van der Waals surface area contributed by atoms with Crippen LogP contribution in [0.5, 0.6) is 0 Å². The van der Waals surface area contributed by atoms with Crippen LogP contribution in [0.2, 0.25) is 0 Å². The molecule has 1 saturated heterocycles. The lowest BCUT2D eigenvalue weighted by molar-refractivity contribution is -0.138. The van der Waals surface area contributed by atoms with E-state index in [9.17, 15) is 9.59 Å². The third-order valence-electron chi connectivity index (χ3n) is 4.44. The Kier molecular flexibility index (Phi) is 4.94. The molecule has 0 spiro atoms. The molecular weight excluding hydrogens is 328 g/mol. The highest BCUT2D eigenvalue weighted by molar-refractivity contribution is 7.07. The van der Waals surface area contributed by atoms with Gasteiger partial charge in [0.1, 0.15) is 0 Å². The third kappa shape index (κ3) is 3.81. The molecule has 0 bridgehead atoms. The molecule has 3 heterocycles. The summed E-state index contributed by atoms with van der Waals surface area (Å²) in [6.07, 6.45) is 3.01. The summed E-state index contributed by atoms with van der Waals surface area (Å²) in [5, 5.41) is 21.3. The number of hydrogen-bond donors (Lipinski definition) is 1. The van der Waals surface area contributed by atoms with Crippen molar-refractivity contribution in [3.05, 3.63) is 34.3 Å². The molecule has 2 aromatic heterocycles. The van der Waals surface area contributed by atoms with Gasteiger partial charge in [0.05, 0.1) is 12.1 Å². The summed E-state index contributed by atoms with van der Waals surface area (Å²) in [4.78, 5) is 25.4. The number of amides is 1. The summed E-state index contributed by atoms with van der Waals surface area (Å²) < 4.78 is 1.61. The van der Waals surface area contributed by atoms with Gasteiger partial charge in [-0.15, -0.1) is 5.10 Å². The van der Waals surface area contributed by atoms with Crippen molar-refractivity contribution in [1.29, 1.82) is 0 Å². The molecule has 2 aromatic rings. The Bertz CT molecular complexity index is 713. The van der Waals surface area contributed by atoms with Gasteiger partial charge in [0, 0.05) is 38.7 Å². The number of carbonyl (C=O) groups is 2. The van der Waals surface area contributed by atoms with Crippen molar-refractivity contribution in [2.75, 3.05) is 13.1 Å². The molecule has 0 aliphatic carbocycles. The van der Waals surface area contributed by atoms with Crippen LogP contribution < -0.4 is 0 Å². The average molecular weight is 348 g/mol. The summed E-state index contributed by atoms with van der Waals surface area (Å²) in [5.41, 5.74) is 1.93. The molecule has 0 aromatic carbocycles. The van der Waals surface area contributed by atoms with E-state index in [1.807, 2.05) is 16.8 Å². The number of aryl methyl sites for hydroxylation is 2. The van der Waals surface area contributed by atoms with Crippen LogP contribution in [-0.4, -0.2) is 50.0 Å². The molecule has 0 unspecified atom stereocenters. The molecule has 1 aliphatic heterocycles. The van der Waals surface area contributed by atoms with Crippen LogP contribution in [0.1, 0.15) is 30.0 Å². The molecule has 0 saturated carbocycles. The molecule has 7 nitrogen and oxygen atoms in total. The van der Waals surface area contributed by atoms with Crippen LogP contribution in [0.4, 0.5) is 0 Å². The van der Waals surface area contributed by atoms with Gasteiger partial charge < -0.3 is 10.0 Å². The maximum Gasteiger partial charge on any atom is 0.303 e. The Labute approximate surface area is 143 Å². The highest BCUT2D eigenvalue weighted by Gasteiger charge is 2.38. The van der Waals surface area contributed by atoms with E-state index in [1.54, 1.807) is 34.2 Å². The lowest BCUT2D eigenvalue weighted by Gasteiger charge is -2.15. The Hall–Kier alpha value is -2.22. The van der Waals surface area contributed by atoms with E-state index in [0.29, 0.717) is 19.5 Å². The molecule has 128 valence electrons. The number of aliphatic carboxylic acids is 1. The highest BCUT2D eigenvalue weighted by Crippen LogP contribution is 2.34. The number of hydrogen-bond acceptors (Lipinski definition) is 5. The van der Waals surface area contributed by atoms with Crippen LogP contribution in [-0.2, 0) is 23.1 Å². The maximum atomic E-state index is 12.5. The van der Waals surface area contributed by atoms with E-state index in [1.165, 1.54) is 5.56 Å². The first-order valence-corrected chi connectivity index (χ1v) is 8.84. The van der Waals surface area contributed by atoms with Gasteiger partial charge in [-0.25, -0.2) is 0 Å². The molecular formula is C16H20N4O3S. The normalized spacial score (nSPS) is 20.5. The second kappa shape index (κ2) is 7.12. The lowest BCUT2D eigenvalue weighted by Crippen LogP contribution is -2.29. The molecule has 2 atom stereocenters. The van der Waals surface area contributed by atoms with Crippen LogP contribution in [0.3, 0.4) is 0 Å². The fourth-order valence-electron chi connectivity index (χ4n) is 3.22. The van der Waals surface area contributed by atoms with Gasteiger partial charge in [0.15, 0.2) is 0 Å². The summed E-state index contributed by atoms with van der Waals surface area (Å²) in [6, 6.07) is 2.03. The molecule has 0 radical (unpaired) electrons. The van der Waals surface area contributed by atoms with Gasteiger partial charge >= 0.3 is 5.97 Å². The second-order valence-corrected chi connectivity index (χ2v) is 6.99. The number of likely N-dealkylation sites (tertiary alicyclic amines) is 1. The van der Waals surface area contributed by atoms with Crippen LogP contribution in [0.25, 0.3) is 0 Å². The Balaban J connectivity index is 1.66. The smallest absolute Gasteiger partial charge is 0.303 e. The molecule has 24 heavy (non-hydrogen) atoms. The fourth-order valence-corrected chi connectivity index (χ4v) is 3.92. The Morgan fingerprint density at radius 2 is 2.25 bits per heavy atom. The van der Waals surface area contributed by atoms with E-state index in [4.69, 9.17) is 5.11 Å². The fraction of sp³-hybridized carbons (Fsp3) is 0.500. The minimum Gasteiger partial charge on any atom is -0.481 e. The van der Waals surface area contributed by atoms with E-state index in [-0.39, 0.29) is 24.2 Å². The predicted molar refractivity (Wildman–Crippen MR) is 88.7 cm³/mol. The van der Waals surface area contributed by atoms with Crippen molar-refractivity contribution in [2.24, 2.45) is 13.0 Å². The number of carbonyl (C=O) groups excluding carboxylic acids is 1. The van der Waals surface area contributed by atoms with Crippen molar-refractivity contribution >= 4 is 23.2 Å². The van der Waals surface area contributed by atoms with Crippen molar-refractivity contribution in [2.45, 2.75) is 25.2 Å². The van der Waals surface area contributed by atoms with Crippen LogP contribution >= 0.6 is 11.3 Å². The Morgan fingerprint density at radius 1 is 1.42 bits per heavy atom. The third-order valence-corrected chi connectivity index (χ3v) is 5.17. The monoisotopic (exact) mass is 348 g/mol. The van der Waals surface area contributed by atoms with E-state index in [0.717, 1.165) is 12.1 Å². The standard InChI is InChI=1S/C16H20N4O3S/c1-19-9-14(17-18-19)13-8-20(7-12(13)6-16(22)23)15(21)3-2-11-4-5-24-10-11/h4-5,9-10,12-13H,2-3,6-8H2,1H3,(H,22,23)/t12-,13+/m0/s1. The minimum absolute atomic E-state index is 0.0373. The van der Waals surface area contributed by atoms with Gasteiger partial charge in [-0.1, -0.05) is 5.21 Å². The zero-order chi connectivity index (χ0) is 17.1. The van der Waals surface area contributed by atoms with Crippen molar-refractivity contribution in [1.82, 2.24) is 19.9 Å². The zero-order valence-corrected chi connectivity index (χ0v) is 14.3. The lowest BCUT2D eigenvalue weighted by atomic mass is 9.91. The topological polar surface area (TPSA) is 88.3 Å². The van der Waals surface area contributed by atoms with Crippen LogP contribution in [0, 0.1) is 5.92 Å². The number of thiophene rings is 1. The van der Waals surface area contributed by atoms with E-state index < -0.39 is 5.97 Å². The van der Waals surface area contributed by atoms with Gasteiger partial charge in [-0.2, -0.15) is 11.3 Å². The van der Waals surface area contributed by atoms with E-state index >= 15 is 0 Å². The quantitative estimate of drug-likeness (QED) is 0.855. The van der Waals surface area contributed by atoms with Crippen LogP contribution in [0.15, 0.2) is 23.0 Å². The molecule has 1 amide bonds. The Morgan fingerprint density at radius 3 is 2.88 bits per heavy atom. The molecule has 3 rings (SSSR count). The number of nitrogens with zero attached hydrogens (tertiary/aromatic N) is 4. The predicted octanol–water partition coefficient (Wildman–Crippen LogP) is 1.53. The molecule has 1 aliphatic rings. The van der Waals surface area contributed by atoms with Gasteiger partial charge in [-0.3, -0.25) is 14.3 Å². The molecule has 1 N–H and O–H groups in total. The number of carboxylic acids is 1. The van der Waals surface area contributed by atoms with Crippen molar-refractivity contribution < 1.29 is 14.7 Å². The first-order valence-electron chi connectivity index (χ1n) is 7.90. The molecule has 8 heteroatoms. The first-order chi connectivity index (χ1) is 11.5.